The molecule has 0 aliphatic heterocycles. The number of carboxylic acid groups (broad SMARTS) is 2. The zero-order valence-electron chi connectivity index (χ0n) is 15.1. The molecule has 0 saturated carbocycles. The predicted octanol–water partition coefficient (Wildman–Crippen LogP) is -8.61. The molecule has 2 unspecified atom stereocenters. The summed E-state index contributed by atoms with van der Waals surface area (Å²) in [6, 6.07) is 0. The monoisotopic (exact) mass is 472 g/mol. The molecule has 0 saturated heterocycles. The molecule has 0 aromatic rings. The molecule has 0 amide bonds. The Hall–Kier alpha value is 0.600. The van der Waals surface area contributed by atoms with Crippen molar-refractivity contribution in [3.8, 4) is 0 Å². The van der Waals surface area contributed by atoms with Gasteiger partial charge in [0.1, 0.15) is 0 Å². The SMILES string of the molecule is O=C(O)CC(O)CCOS(=O)(=O)[O-].O=C(O)CC(O)CCOS(=O)(=O)[O-].[Na+].[Na+]. The first-order chi connectivity index (χ1) is 11.6. The fourth-order valence-electron chi connectivity index (χ4n) is 1.18. The number of carbonyl (C=O) groups is 2. The van der Waals surface area contributed by atoms with Crippen molar-refractivity contribution in [2.75, 3.05) is 13.2 Å². The molecule has 2 atom stereocenters. The summed E-state index contributed by atoms with van der Waals surface area (Å²) in [7, 11) is -9.51. The molecule has 18 heteroatoms. The minimum Gasteiger partial charge on any atom is -0.726 e. The summed E-state index contributed by atoms with van der Waals surface area (Å²) in [4.78, 5) is 20.0. The Morgan fingerprint density at radius 3 is 1.18 bits per heavy atom. The average molecular weight is 472 g/mol. The second-order valence-corrected chi connectivity index (χ2v) is 6.65. The molecule has 0 aromatic carbocycles. The number of aliphatic hydroxyl groups is 2. The predicted molar refractivity (Wildman–Crippen MR) is 77.1 cm³/mol. The van der Waals surface area contributed by atoms with Crippen molar-refractivity contribution in [2.45, 2.75) is 37.9 Å². The van der Waals surface area contributed by atoms with E-state index in [-0.39, 0.29) is 72.0 Å². The molecule has 4 N–H and O–H groups in total. The number of aliphatic carboxylic acids is 2. The van der Waals surface area contributed by atoms with Crippen LogP contribution in [0.5, 0.6) is 0 Å². The van der Waals surface area contributed by atoms with Crippen LogP contribution >= 0.6 is 0 Å². The van der Waals surface area contributed by atoms with Gasteiger partial charge < -0.3 is 29.5 Å². The van der Waals surface area contributed by atoms with Crippen LogP contribution in [0.15, 0.2) is 0 Å². The molecule has 0 bridgehead atoms. The van der Waals surface area contributed by atoms with Gasteiger partial charge in [-0.25, -0.2) is 16.8 Å². The summed E-state index contributed by atoms with van der Waals surface area (Å²) in [5.74, 6) is -2.42. The first-order valence-electron chi connectivity index (χ1n) is 6.62. The Morgan fingerprint density at radius 1 is 0.750 bits per heavy atom. The number of aliphatic hydroxyl groups excluding tert-OH is 2. The number of carboxylic acids is 2. The standard InChI is InChI=1S/2C5H10O7S.2Na/c2*6-4(3-5(7)8)1-2-12-13(9,10)11;;/h2*4,6H,1-3H2,(H,7,8)(H,9,10,11);;/q;;2*+1/p-2. The first-order valence-corrected chi connectivity index (χ1v) is 9.29. The van der Waals surface area contributed by atoms with Gasteiger partial charge in [0.15, 0.2) is 0 Å². The van der Waals surface area contributed by atoms with Crippen molar-refractivity contribution in [3.05, 3.63) is 0 Å². The number of rotatable bonds is 12. The van der Waals surface area contributed by atoms with Crippen LogP contribution in [-0.4, -0.2) is 83.7 Å². The molecule has 0 aliphatic carbocycles. The molecule has 0 aromatic heterocycles. The molecule has 0 aliphatic rings. The van der Waals surface area contributed by atoms with Gasteiger partial charge in [0.2, 0.25) is 20.8 Å². The topological polar surface area (TPSA) is 248 Å². The third-order valence-electron chi connectivity index (χ3n) is 2.18. The minimum absolute atomic E-state index is 0. The van der Waals surface area contributed by atoms with Crippen LogP contribution in [0.25, 0.3) is 0 Å². The van der Waals surface area contributed by atoms with E-state index in [1.54, 1.807) is 0 Å². The summed E-state index contributed by atoms with van der Waals surface area (Å²) in [6.45, 7) is -1.03. The maximum Gasteiger partial charge on any atom is 1.00 e. The Labute approximate surface area is 205 Å². The minimum atomic E-state index is -4.76. The molecule has 28 heavy (non-hydrogen) atoms. The summed E-state index contributed by atoms with van der Waals surface area (Å²) < 4.78 is 66.6. The maximum absolute atomic E-state index is 9.99. The molecular weight excluding hydrogens is 454 g/mol. The van der Waals surface area contributed by atoms with Gasteiger partial charge >= 0.3 is 71.1 Å². The molecule has 156 valence electrons. The van der Waals surface area contributed by atoms with E-state index < -0.39 is 71.0 Å². The van der Waals surface area contributed by atoms with Gasteiger partial charge in [-0.15, -0.1) is 0 Å². The fourth-order valence-corrected chi connectivity index (χ4v) is 1.78. The van der Waals surface area contributed by atoms with Crippen molar-refractivity contribution in [1.82, 2.24) is 0 Å². The van der Waals surface area contributed by atoms with E-state index in [1.165, 1.54) is 0 Å². The van der Waals surface area contributed by atoms with Crippen molar-refractivity contribution in [3.63, 3.8) is 0 Å². The van der Waals surface area contributed by atoms with E-state index in [4.69, 9.17) is 20.4 Å². The van der Waals surface area contributed by atoms with Crippen LogP contribution in [0.3, 0.4) is 0 Å². The Balaban J connectivity index is -0.000000192. The second kappa shape index (κ2) is 18.4. The van der Waals surface area contributed by atoms with Crippen molar-refractivity contribution < 1.29 is 123 Å². The van der Waals surface area contributed by atoms with Crippen LogP contribution < -0.4 is 59.1 Å². The third kappa shape index (κ3) is 34.1. The number of hydrogen-bond donors (Lipinski definition) is 4. The van der Waals surface area contributed by atoms with Crippen LogP contribution in [0.2, 0.25) is 0 Å². The first kappa shape index (κ1) is 36.0. The van der Waals surface area contributed by atoms with Gasteiger partial charge in [-0.2, -0.15) is 0 Å². The van der Waals surface area contributed by atoms with Gasteiger partial charge in [-0.3, -0.25) is 18.0 Å². The quantitative estimate of drug-likeness (QED) is 0.117. The van der Waals surface area contributed by atoms with Gasteiger partial charge in [0, 0.05) is 0 Å². The van der Waals surface area contributed by atoms with Gasteiger partial charge in [0.05, 0.1) is 38.3 Å². The summed E-state index contributed by atoms with van der Waals surface area (Å²) in [6.07, 6.45) is -3.87. The molecule has 14 nitrogen and oxygen atoms in total. The Bertz CT molecular complexity index is 579. The van der Waals surface area contributed by atoms with Crippen molar-refractivity contribution in [2.24, 2.45) is 0 Å². The molecule has 0 fully saturated rings. The van der Waals surface area contributed by atoms with Gasteiger partial charge in [0.25, 0.3) is 0 Å². The fraction of sp³-hybridized carbons (Fsp3) is 0.800. The average Bonchev–Trinajstić information content (AvgIpc) is 2.33. The summed E-state index contributed by atoms with van der Waals surface area (Å²) >= 11 is 0. The Morgan fingerprint density at radius 2 is 1.00 bits per heavy atom. The second-order valence-electron chi connectivity index (χ2n) is 4.54. The molecular formula is C10H18Na2O14S2. The van der Waals surface area contributed by atoms with E-state index >= 15 is 0 Å². The Kier molecular flexibility index (Phi) is 23.6. The van der Waals surface area contributed by atoms with Gasteiger partial charge in [-0.1, -0.05) is 0 Å². The van der Waals surface area contributed by atoms with Crippen molar-refractivity contribution in [1.29, 1.82) is 0 Å². The third-order valence-corrected chi connectivity index (χ3v) is 3.09. The van der Waals surface area contributed by atoms with Crippen LogP contribution in [-0.2, 0) is 38.8 Å². The largest absolute Gasteiger partial charge is 1.00 e. The maximum atomic E-state index is 9.99. The van der Waals surface area contributed by atoms with Crippen molar-refractivity contribution >= 4 is 32.7 Å². The van der Waals surface area contributed by atoms with E-state index in [0.29, 0.717) is 0 Å². The van der Waals surface area contributed by atoms with Gasteiger partial charge in [-0.05, 0) is 12.8 Å². The van der Waals surface area contributed by atoms with E-state index in [9.17, 15) is 35.5 Å². The normalized spacial score (nSPS) is 13.0. The van der Waals surface area contributed by atoms with Crippen LogP contribution in [0.1, 0.15) is 25.7 Å². The summed E-state index contributed by atoms with van der Waals surface area (Å²) in [5.41, 5.74) is 0. The zero-order valence-corrected chi connectivity index (χ0v) is 20.7. The summed E-state index contributed by atoms with van der Waals surface area (Å²) in [5, 5.41) is 34.0. The van der Waals surface area contributed by atoms with E-state index in [0.717, 1.165) is 0 Å². The van der Waals surface area contributed by atoms with E-state index in [1.807, 2.05) is 0 Å². The molecule has 0 heterocycles. The van der Waals surface area contributed by atoms with Crippen LogP contribution in [0.4, 0.5) is 0 Å². The molecule has 0 radical (unpaired) electrons. The smallest absolute Gasteiger partial charge is 0.726 e. The molecule has 0 spiro atoms. The molecule has 0 rings (SSSR count). The zero-order chi connectivity index (χ0) is 21.0. The number of hydrogen-bond acceptors (Lipinski definition) is 12. The van der Waals surface area contributed by atoms with Crippen LogP contribution in [0, 0.1) is 0 Å². The van der Waals surface area contributed by atoms with E-state index in [2.05, 4.69) is 8.37 Å².